The van der Waals surface area contributed by atoms with Gasteiger partial charge in [0.05, 0.1) is 20.6 Å². The van der Waals surface area contributed by atoms with Crippen LogP contribution in [0.5, 0.6) is 11.5 Å². The lowest BCUT2D eigenvalue weighted by Gasteiger charge is -2.29. The van der Waals surface area contributed by atoms with Crippen molar-refractivity contribution in [1.82, 2.24) is 10.2 Å². The average Bonchev–Trinajstić information content (AvgIpc) is 2.80. The summed E-state index contributed by atoms with van der Waals surface area (Å²) in [5, 5.41) is 2.84. The number of methoxy groups -OCH3 is 3. The molecular weight excluding hydrogens is 415 g/mol. The van der Waals surface area contributed by atoms with E-state index in [4.69, 9.17) is 14.2 Å². The Labute approximate surface area is 188 Å². The monoisotopic (exact) mass is 446 g/mol. The third-order valence-electron chi connectivity index (χ3n) is 5.06. The molecule has 0 saturated heterocycles. The normalized spacial score (nSPS) is 11.5. The van der Waals surface area contributed by atoms with Crippen LogP contribution in [0.1, 0.15) is 24.5 Å². The van der Waals surface area contributed by atoms with Crippen LogP contribution in [0.15, 0.2) is 42.5 Å². The van der Waals surface area contributed by atoms with Gasteiger partial charge < -0.3 is 24.4 Å². The third-order valence-corrected chi connectivity index (χ3v) is 5.06. The van der Waals surface area contributed by atoms with Crippen LogP contribution in [-0.4, -0.2) is 57.2 Å². The standard InChI is InChI=1S/C24H31FN2O5/c1-17(24(29)26-12-5-13-30-2)27(16-18-6-9-20(25)10-7-18)23(28)15-19-8-11-21(31-3)22(14-19)32-4/h6-11,14,17H,5,12-13,15-16H2,1-4H3,(H,26,29)/t17-/m1/s1. The average molecular weight is 447 g/mol. The highest BCUT2D eigenvalue weighted by Crippen LogP contribution is 2.28. The van der Waals surface area contributed by atoms with Gasteiger partial charge >= 0.3 is 0 Å². The zero-order valence-electron chi connectivity index (χ0n) is 19.0. The predicted molar refractivity (Wildman–Crippen MR) is 119 cm³/mol. The molecule has 0 bridgehead atoms. The molecule has 0 aliphatic carbocycles. The van der Waals surface area contributed by atoms with Gasteiger partial charge in [0.1, 0.15) is 11.9 Å². The SMILES string of the molecule is COCCCNC(=O)[C@@H](C)N(Cc1ccc(F)cc1)C(=O)Cc1ccc(OC)c(OC)c1. The lowest BCUT2D eigenvalue weighted by atomic mass is 10.1. The van der Waals surface area contributed by atoms with Crippen molar-refractivity contribution >= 4 is 11.8 Å². The molecule has 2 aromatic carbocycles. The maximum Gasteiger partial charge on any atom is 0.242 e. The molecule has 0 aromatic heterocycles. The van der Waals surface area contributed by atoms with E-state index in [1.165, 1.54) is 24.1 Å². The molecule has 0 radical (unpaired) electrons. The Kier molecular flexibility index (Phi) is 9.94. The van der Waals surface area contributed by atoms with Gasteiger partial charge in [-0.2, -0.15) is 0 Å². The van der Waals surface area contributed by atoms with Gasteiger partial charge in [-0.1, -0.05) is 18.2 Å². The van der Waals surface area contributed by atoms with Crippen LogP contribution >= 0.6 is 0 Å². The maximum absolute atomic E-state index is 13.3. The highest BCUT2D eigenvalue weighted by Gasteiger charge is 2.26. The van der Waals surface area contributed by atoms with E-state index in [2.05, 4.69) is 5.32 Å². The topological polar surface area (TPSA) is 77.1 Å². The second-order valence-corrected chi connectivity index (χ2v) is 7.33. The molecule has 7 nitrogen and oxygen atoms in total. The van der Waals surface area contributed by atoms with Crippen molar-refractivity contribution in [3.05, 3.63) is 59.4 Å². The van der Waals surface area contributed by atoms with Crippen LogP contribution < -0.4 is 14.8 Å². The van der Waals surface area contributed by atoms with Crippen molar-refractivity contribution < 1.29 is 28.2 Å². The molecule has 0 heterocycles. The summed E-state index contributed by atoms with van der Waals surface area (Å²) in [5.74, 6) is 0.230. The number of benzene rings is 2. The summed E-state index contributed by atoms with van der Waals surface area (Å²) in [6.45, 7) is 2.85. The molecule has 0 spiro atoms. The molecular formula is C24H31FN2O5. The van der Waals surface area contributed by atoms with Crippen molar-refractivity contribution in [3.63, 3.8) is 0 Å². The minimum atomic E-state index is -0.713. The molecule has 0 aliphatic rings. The van der Waals surface area contributed by atoms with Gasteiger partial charge in [-0.15, -0.1) is 0 Å². The number of halogens is 1. The minimum absolute atomic E-state index is 0.0723. The summed E-state index contributed by atoms with van der Waals surface area (Å²) < 4.78 is 28.9. The Bertz CT molecular complexity index is 888. The molecule has 2 rings (SSSR count). The number of nitrogens with one attached hydrogen (secondary N) is 1. The van der Waals surface area contributed by atoms with E-state index >= 15 is 0 Å². The first kappa shape index (κ1) is 25.1. The fraction of sp³-hybridized carbons (Fsp3) is 0.417. The van der Waals surface area contributed by atoms with Crippen molar-refractivity contribution in [2.75, 3.05) is 34.5 Å². The fourth-order valence-corrected chi connectivity index (χ4v) is 3.21. The largest absolute Gasteiger partial charge is 0.493 e. The molecule has 0 unspecified atom stereocenters. The molecule has 1 N–H and O–H groups in total. The summed E-state index contributed by atoms with van der Waals surface area (Å²) in [7, 11) is 4.67. The Morgan fingerprint density at radius 1 is 1.00 bits per heavy atom. The number of amides is 2. The minimum Gasteiger partial charge on any atom is -0.493 e. The van der Waals surface area contributed by atoms with Gasteiger partial charge in [0, 0.05) is 26.8 Å². The van der Waals surface area contributed by atoms with Crippen LogP contribution in [0.3, 0.4) is 0 Å². The molecule has 8 heteroatoms. The Hall–Kier alpha value is -3.13. The first-order chi connectivity index (χ1) is 15.4. The summed E-state index contributed by atoms with van der Waals surface area (Å²) in [5.41, 5.74) is 1.45. The number of nitrogens with zero attached hydrogens (tertiary/aromatic N) is 1. The van der Waals surface area contributed by atoms with E-state index < -0.39 is 6.04 Å². The molecule has 1 atom stereocenters. The molecule has 0 saturated carbocycles. The third kappa shape index (κ3) is 7.23. The van der Waals surface area contributed by atoms with E-state index in [0.717, 1.165) is 11.1 Å². The van der Waals surface area contributed by atoms with Crippen LogP contribution in [0.2, 0.25) is 0 Å². The zero-order chi connectivity index (χ0) is 23.5. The summed E-state index contributed by atoms with van der Waals surface area (Å²) in [6, 6.07) is 10.4. The Balaban J connectivity index is 2.19. The Morgan fingerprint density at radius 3 is 2.28 bits per heavy atom. The molecule has 2 amide bonds. The van der Waals surface area contributed by atoms with E-state index in [0.29, 0.717) is 31.1 Å². The fourth-order valence-electron chi connectivity index (χ4n) is 3.21. The highest BCUT2D eigenvalue weighted by molar-refractivity contribution is 5.88. The second kappa shape index (κ2) is 12.7. The van der Waals surface area contributed by atoms with Crippen LogP contribution in [0.25, 0.3) is 0 Å². The number of carbonyl (C=O) groups is 2. The van der Waals surface area contributed by atoms with Crippen LogP contribution in [-0.2, 0) is 27.3 Å². The Morgan fingerprint density at radius 2 is 1.66 bits per heavy atom. The number of hydrogen-bond acceptors (Lipinski definition) is 5. The summed E-state index contributed by atoms with van der Waals surface area (Å²) >= 11 is 0. The molecule has 0 aliphatic heterocycles. The van der Waals surface area contributed by atoms with Crippen molar-refractivity contribution in [1.29, 1.82) is 0 Å². The first-order valence-corrected chi connectivity index (χ1v) is 10.4. The quantitative estimate of drug-likeness (QED) is 0.508. The van der Waals surface area contributed by atoms with Gasteiger partial charge in [-0.05, 0) is 48.7 Å². The van der Waals surface area contributed by atoms with Crippen molar-refractivity contribution in [3.8, 4) is 11.5 Å². The molecule has 174 valence electrons. The second-order valence-electron chi connectivity index (χ2n) is 7.33. The van der Waals surface area contributed by atoms with Gasteiger partial charge in [-0.3, -0.25) is 9.59 Å². The van der Waals surface area contributed by atoms with Gasteiger partial charge in [-0.25, -0.2) is 4.39 Å². The molecule has 2 aromatic rings. The summed E-state index contributed by atoms with van der Waals surface area (Å²) in [4.78, 5) is 27.4. The number of carbonyl (C=O) groups excluding carboxylic acids is 2. The van der Waals surface area contributed by atoms with E-state index in [9.17, 15) is 14.0 Å². The van der Waals surface area contributed by atoms with Crippen LogP contribution in [0.4, 0.5) is 4.39 Å². The highest BCUT2D eigenvalue weighted by atomic mass is 19.1. The van der Waals surface area contributed by atoms with Crippen molar-refractivity contribution in [2.45, 2.75) is 32.4 Å². The van der Waals surface area contributed by atoms with Gasteiger partial charge in [0.15, 0.2) is 11.5 Å². The van der Waals surface area contributed by atoms with Gasteiger partial charge in [0.25, 0.3) is 0 Å². The molecule has 32 heavy (non-hydrogen) atoms. The van der Waals surface area contributed by atoms with E-state index in [-0.39, 0.29) is 30.6 Å². The number of rotatable bonds is 12. The van der Waals surface area contributed by atoms with E-state index in [1.807, 2.05) is 0 Å². The number of ether oxygens (including phenoxy) is 3. The van der Waals surface area contributed by atoms with Crippen molar-refractivity contribution in [2.24, 2.45) is 0 Å². The summed E-state index contributed by atoms with van der Waals surface area (Å²) in [6.07, 6.45) is 0.745. The molecule has 0 fully saturated rings. The van der Waals surface area contributed by atoms with Crippen LogP contribution in [0, 0.1) is 5.82 Å². The lowest BCUT2D eigenvalue weighted by molar-refractivity contribution is -0.140. The maximum atomic E-state index is 13.3. The number of hydrogen-bond donors (Lipinski definition) is 1. The predicted octanol–water partition coefficient (Wildman–Crippen LogP) is 2.96. The first-order valence-electron chi connectivity index (χ1n) is 10.4. The van der Waals surface area contributed by atoms with E-state index in [1.54, 1.807) is 51.5 Å². The van der Waals surface area contributed by atoms with Gasteiger partial charge in [0.2, 0.25) is 11.8 Å². The lowest BCUT2D eigenvalue weighted by Crippen LogP contribution is -2.48. The zero-order valence-corrected chi connectivity index (χ0v) is 19.0. The smallest absolute Gasteiger partial charge is 0.242 e.